The van der Waals surface area contributed by atoms with E-state index in [4.69, 9.17) is 4.74 Å². The van der Waals surface area contributed by atoms with Gasteiger partial charge in [-0.2, -0.15) is 5.10 Å². The van der Waals surface area contributed by atoms with Crippen LogP contribution in [0.4, 0.5) is 0 Å². The van der Waals surface area contributed by atoms with E-state index in [0.29, 0.717) is 13.2 Å². The van der Waals surface area contributed by atoms with Gasteiger partial charge in [-0.15, -0.1) is 10.2 Å². The Hall–Kier alpha value is -3.17. The number of nitrogens with zero attached hydrogens (tertiary/aromatic N) is 4. The number of fused-ring (bicyclic) bond motifs is 1. The molecule has 2 aromatic heterocycles. The number of nitrogens with one attached hydrogen (secondary N) is 1. The Morgan fingerprint density at radius 3 is 2.78 bits per heavy atom. The number of hydrogen-bond donors (Lipinski definition) is 1. The molecule has 0 spiro atoms. The first-order valence-electron chi connectivity index (χ1n) is 10.1. The van der Waals surface area contributed by atoms with Crippen molar-refractivity contribution in [1.29, 1.82) is 0 Å². The van der Waals surface area contributed by atoms with E-state index in [-0.39, 0.29) is 11.7 Å². The third-order valence-electron chi connectivity index (χ3n) is 4.67. The molecule has 0 saturated carbocycles. The molecule has 2 heterocycles. The van der Waals surface area contributed by atoms with Gasteiger partial charge in [-0.25, -0.2) is 5.43 Å². The van der Waals surface area contributed by atoms with Gasteiger partial charge < -0.3 is 9.30 Å². The van der Waals surface area contributed by atoms with Crippen LogP contribution in [0.3, 0.4) is 0 Å². The standard InChI is InChI=1S/C23H23N5O2S2/c1-16-7-9-19(10-8-16)30-12-11-28-14-18(20-5-3-4-6-21(20)28)13-24-26-22(29)15-31-23-27-25-17(2)32-23/h3-10,13-14H,11-12,15H2,1-2H3,(H,26,29). The second-order valence-corrected chi connectivity index (χ2v) is 9.53. The van der Waals surface area contributed by atoms with Gasteiger partial charge in [0.05, 0.1) is 18.5 Å². The van der Waals surface area contributed by atoms with Crippen molar-refractivity contribution in [2.45, 2.75) is 24.7 Å². The number of aryl methyl sites for hydroxylation is 2. The first-order valence-corrected chi connectivity index (χ1v) is 11.9. The number of benzene rings is 2. The molecule has 1 N–H and O–H groups in total. The van der Waals surface area contributed by atoms with E-state index in [1.165, 1.54) is 28.7 Å². The average molecular weight is 466 g/mol. The van der Waals surface area contributed by atoms with Crippen LogP contribution in [0.25, 0.3) is 10.9 Å². The molecule has 2 aromatic carbocycles. The summed E-state index contributed by atoms with van der Waals surface area (Å²) >= 11 is 2.82. The lowest BCUT2D eigenvalue weighted by molar-refractivity contribution is -0.118. The molecule has 0 fully saturated rings. The maximum Gasteiger partial charge on any atom is 0.250 e. The summed E-state index contributed by atoms with van der Waals surface area (Å²) in [5.74, 6) is 0.914. The summed E-state index contributed by atoms with van der Waals surface area (Å²) in [5.41, 5.74) is 5.82. The van der Waals surface area contributed by atoms with Crippen LogP contribution in [0.2, 0.25) is 0 Å². The van der Waals surface area contributed by atoms with Crippen molar-refractivity contribution in [1.82, 2.24) is 20.2 Å². The van der Waals surface area contributed by atoms with Crippen LogP contribution in [0.15, 0.2) is 64.2 Å². The largest absolute Gasteiger partial charge is 0.492 e. The fourth-order valence-electron chi connectivity index (χ4n) is 3.13. The molecule has 7 nitrogen and oxygen atoms in total. The summed E-state index contributed by atoms with van der Waals surface area (Å²) < 4.78 is 8.79. The Kier molecular flexibility index (Phi) is 7.18. The molecular formula is C23H23N5O2S2. The zero-order chi connectivity index (χ0) is 22.3. The number of para-hydroxylation sites is 1. The second-order valence-electron chi connectivity index (χ2n) is 7.13. The highest BCUT2D eigenvalue weighted by molar-refractivity contribution is 8.01. The molecule has 0 unspecified atom stereocenters. The zero-order valence-corrected chi connectivity index (χ0v) is 19.4. The van der Waals surface area contributed by atoms with E-state index < -0.39 is 0 Å². The van der Waals surface area contributed by atoms with E-state index in [1.54, 1.807) is 6.21 Å². The van der Waals surface area contributed by atoms with Gasteiger partial charge in [0.2, 0.25) is 0 Å². The van der Waals surface area contributed by atoms with E-state index in [9.17, 15) is 4.79 Å². The fourth-order valence-corrected chi connectivity index (χ4v) is 4.74. The number of ether oxygens (including phenoxy) is 1. The smallest absolute Gasteiger partial charge is 0.250 e. The lowest BCUT2D eigenvalue weighted by Gasteiger charge is -2.08. The van der Waals surface area contributed by atoms with E-state index in [1.807, 2.05) is 55.6 Å². The van der Waals surface area contributed by atoms with E-state index in [2.05, 4.69) is 38.3 Å². The number of thioether (sulfide) groups is 1. The number of carbonyl (C=O) groups excluding carboxylic acids is 1. The van der Waals surface area contributed by atoms with Crippen LogP contribution in [0, 0.1) is 13.8 Å². The SMILES string of the molecule is Cc1ccc(OCCn2cc(C=NNC(=O)CSc3nnc(C)s3)c3ccccc32)cc1. The number of amides is 1. The third kappa shape index (κ3) is 5.74. The molecule has 0 radical (unpaired) electrons. The number of carbonyl (C=O) groups is 1. The molecule has 9 heteroatoms. The minimum atomic E-state index is -0.186. The molecule has 0 atom stereocenters. The Morgan fingerprint density at radius 1 is 1.19 bits per heavy atom. The van der Waals surface area contributed by atoms with Crippen LogP contribution < -0.4 is 10.2 Å². The third-order valence-corrected chi connectivity index (χ3v) is 6.64. The average Bonchev–Trinajstić information content (AvgIpc) is 3.37. The first-order chi connectivity index (χ1) is 15.6. The molecule has 1 amide bonds. The van der Waals surface area contributed by atoms with Gasteiger partial charge >= 0.3 is 0 Å². The Labute approximate surface area is 194 Å². The van der Waals surface area contributed by atoms with Crippen molar-refractivity contribution in [3.8, 4) is 5.75 Å². The molecule has 164 valence electrons. The lowest BCUT2D eigenvalue weighted by Crippen LogP contribution is -2.19. The normalized spacial score (nSPS) is 11.3. The van der Waals surface area contributed by atoms with Gasteiger partial charge in [0.1, 0.15) is 17.4 Å². The molecule has 0 aliphatic carbocycles. The topological polar surface area (TPSA) is 81.4 Å². The number of aromatic nitrogens is 3. The van der Waals surface area contributed by atoms with Crippen LogP contribution >= 0.6 is 23.1 Å². The summed E-state index contributed by atoms with van der Waals surface area (Å²) in [6, 6.07) is 16.2. The summed E-state index contributed by atoms with van der Waals surface area (Å²) in [6.07, 6.45) is 3.70. The van der Waals surface area contributed by atoms with Gasteiger partial charge in [0.25, 0.3) is 5.91 Å². The van der Waals surface area contributed by atoms with Crippen molar-refractivity contribution >= 4 is 46.1 Å². The van der Waals surface area contributed by atoms with E-state index >= 15 is 0 Å². The molecule has 0 aliphatic rings. The predicted molar refractivity (Wildman–Crippen MR) is 130 cm³/mol. The molecule has 0 bridgehead atoms. The lowest BCUT2D eigenvalue weighted by atomic mass is 10.2. The second kappa shape index (κ2) is 10.4. The predicted octanol–water partition coefficient (Wildman–Crippen LogP) is 4.43. The summed E-state index contributed by atoms with van der Waals surface area (Å²) in [5, 5.41) is 14.0. The molecule has 4 aromatic rings. The first kappa shape index (κ1) is 22.0. The number of hydrogen-bond acceptors (Lipinski definition) is 7. The van der Waals surface area contributed by atoms with Crippen molar-refractivity contribution < 1.29 is 9.53 Å². The summed E-state index contributed by atoms with van der Waals surface area (Å²) in [7, 11) is 0. The highest BCUT2D eigenvalue weighted by Crippen LogP contribution is 2.22. The maximum atomic E-state index is 12.1. The van der Waals surface area contributed by atoms with Gasteiger partial charge in [0.15, 0.2) is 4.34 Å². The van der Waals surface area contributed by atoms with Crippen LogP contribution in [-0.2, 0) is 11.3 Å². The minimum absolute atomic E-state index is 0.186. The van der Waals surface area contributed by atoms with Gasteiger partial charge in [-0.1, -0.05) is 59.0 Å². The Morgan fingerprint density at radius 2 is 2.00 bits per heavy atom. The minimum Gasteiger partial charge on any atom is -0.492 e. The molecule has 0 saturated heterocycles. The molecule has 0 aliphatic heterocycles. The maximum absolute atomic E-state index is 12.1. The van der Waals surface area contributed by atoms with Gasteiger partial charge in [0, 0.05) is 22.7 Å². The van der Waals surface area contributed by atoms with Crippen LogP contribution in [0.5, 0.6) is 5.75 Å². The van der Waals surface area contributed by atoms with Crippen molar-refractivity contribution in [3.05, 3.63) is 70.9 Å². The van der Waals surface area contributed by atoms with Crippen molar-refractivity contribution in [2.75, 3.05) is 12.4 Å². The van der Waals surface area contributed by atoms with Crippen LogP contribution in [0.1, 0.15) is 16.1 Å². The Bertz CT molecular complexity index is 1230. The monoisotopic (exact) mass is 465 g/mol. The van der Waals surface area contributed by atoms with Crippen molar-refractivity contribution in [3.63, 3.8) is 0 Å². The molecule has 4 rings (SSSR count). The quantitative estimate of drug-likeness (QED) is 0.225. The Balaban J connectivity index is 1.36. The number of hydrazone groups is 1. The number of rotatable bonds is 9. The summed E-state index contributed by atoms with van der Waals surface area (Å²) in [6.45, 7) is 5.19. The zero-order valence-electron chi connectivity index (χ0n) is 17.8. The highest BCUT2D eigenvalue weighted by Gasteiger charge is 2.08. The van der Waals surface area contributed by atoms with Gasteiger partial charge in [-0.05, 0) is 32.0 Å². The molecular weight excluding hydrogens is 442 g/mol. The van der Waals surface area contributed by atoms with E-state index in [0.717, 1.165) is 31.6 Å². The fraction of sp³-hybridized carbons (Fsp3) is 0.217. The van der Waals surface area contributed by atoms with Crippen LogP contribution in [-0.4, -0.2) is 39.2 Å². The van der Waals surface area contributed by atoms with Gasteiger partial charge in [-0.3, -0.25) is 4.79 Å². The molecule has 32 heavy (non-hydrogen) atoms. The summed E-state index contributed by atoms with van der Waals surface area (Å²) in [4.78, 5) is 12.1. The van der Waals surface area contributed by atoms with Crippen molar-refractivity contribution in [2.24, 2.45) is 5.10 Å². The highest BCUT2D eigenvalue weighted by atomic mass is 32.2.